The molecule has 1 aromatic heterocycles. The predicted octanol–water partition coefficient (Wildman–Crippen LogP) is 2.41. The van der Waals surface area contributed by atoms with E-state index >= 15 is 0 Å². The third-order valence-corrected chi connectivity index (χ3v) is 2.14. The second kappa shape index (κ2) is 4.79. The molecule has 0 aliphatic heterocycles. The second-order valence-corrected chi connectivity index (χ2v) is 3.49. The van der Waals surface area contributed by atoms with Crippen molar-refractivity contribution in [3.05, 3.63) is 47.7 Å². The van der Waals surface area contributed by atoms with Crippen molar-refractivity contribution in [3.8, 4) is 11.6 Å². The highest BCUT2D eigenvalue weighted by Gasteiger charge is 2.13. The van der Waals surface area contributed by atoms with Crippen LogP contribution in [0.4, 0.5) is 4.39 Å². The van der Waals surface area contributed by atoms with Crippen LogP contribution in [0.1, 0.15) is 16.2 Å². The van der Waals surface area contributed by atoms with Crippen molar-refractivity contribution in [2.45, 2.75) is 6.92 Å². The normalized spacial score (nSPS) is 10.1. The lowest BCUT2D eigenvalue weighted by Gasteiger charge is -2.07. The summed E-state index contributed by atoms with van der Waals surface area (Å²) in [6.45, 7) is 1.68. The number of nitrogens with zero attached hydrogens (tertiary/aromatic N) is 2. The van der Waals surface area contributed by atoms with Crippen LogP contribution >= 0.6 is 0 Å². The molecule has 1 N–H and O–H groups in total. The Kier molecular flexibility index (Phi) is 3.18. The number of benzene rings is 1. The van der Waals surface area contributed by atoms with Crippen LogP contribution < -0.4 is 4.74 Å². The average Bonchev–Trinajstić information content (AvgIpc) is 2.31. The van der Waals surface area contributed by atoms with Gasteiger partial charge in [-0.25, -0.2) is 14.2 Å². The molecule has 5 nitrogen and oxygen atoms in total. The van der Waals surface area contributed by atoms with E-state index in [1.165, 1.54) is 18.3 Å². The Hall–Kier alpha value is -2.50. The number of ether oxygens (including phenoxy) is 1. The van der Waals surface area contributed by atoms with E-state index < -0.39 is 11.8 Å². The SMILES string of the molecule is Cc1nccc(Oc2ccc(F)cc2C(=O)O)n1. The number of aryl methyl sites for hydroxylation is 1. The lowest BCUT2D eigenvalue weighted by Crippen LogP contribution is -2.02. The molecule has 0 radical (unpaired) electrons. The van der Waals surface area contributed by atoms with Gasteiger partial charge >= 0.3 is 5.97 Å². The van der Waals surface area contributed by atoms with Gasteiger partial charge in [-0.1, -0.05) is 0 Å². The summed E-state index contributed by atoms with van der Waals surface area (Å²) >= 11 is 0. The summed E-state index contributed by atoms with van der Waals surface area (Å²) in [7, 11) is 0. The van der Waals surface area contributed by atoms with Gasteiger partial charge in [0.2, 0.25) is 5.88 Å². The zero-order valence-corrected chi connectivity index (χ0v) is 9.42. The molecule has 6 heteroatoms. The molecule has 0 atom stereocenters. The Morgan fingerprint density at radius 3 is 2.83 bits per heavy atom. The molecule has 0 fully saturated rings. The number of carbonyl (C=O) groups is 1. The molecule has 0 saturated heterocycles. The molecule has 0 amide bonds. The van der Waals surface area contributed by atoms with Gasteiger partial charge < -0.3 is 9.84 Å². The maximum Gasteiger partial charge on any atom is 0.339 e. The Labute approximate surface area is 102 Å². The summed E-state index contributed by atoms with van der Waals surface area (Å²) in [4.78, 5) is 18.8. The number of hydrogen-bond donors (Lipinski definition) is 1. The van der Waals surface area contributed by atoms with Crippen LogP contribution in [0, 0.1) is 12.7 Å². The first-order valence-electron chi connectivity index (χ1n) is 5.06. The molecule has 0 bridgehead atoms. The van der Waals surface area contributed by atoms with E-state index in [4.69, 9.17) is 9.84 Å². The maximum atomic E-state index is 13.0. The number of hydrogen-bond acceptors (Lipinski definition) is 4. The average molecular weight is 248 g/mol. The Morgan fingerprint density at radius 1 is 1.39 bits per heavy atom. The van der Waals surface area contributed by atoms with E-state index in [0.29, 0.717) is 5.82 Å². The van der Waals surface area contributed by atoms with Crippen molar-refractivity contribution in [3.63, 3.8) is 0 Å². The third kappa shape index (κ3) is 2.60. The molecule has 92 valence electrons. The summed E-state index contributed by atoms with van der Waals surface area (Å²) in [6.07, 6.45) is 1.49. The highest BCUT2D eigenvalue weighted by Crippen LogP contribution is 2.24. The zero-order valence-electron chi connectivity index (χ0n) is 9.42. The van der Waals surface area contributed by atoms with Crippen molar-refractivity contribution >= 4 is 5.97 Å². The molecule has 0 aliphatic carbocycles. The number of aromatic carboxylic acids is 1. The summed E-state index contributed by atoms with van der Waals surface area (Å²) < 4.78 is 18.3. The lowest BCUT2D eigenvalue weighted by molar-refractivity contribution is 0.0693. The van der Waals surface area contributed by atoms with Crippen LogP contribution in [-0.2, 0) is 0 Å². The van der Waals surface area contributed by atoms with Crippen molar-refractivity contribution in [1.29, 1.82) is 0 Å². The number of rotatable bonds is 3. The van der Waals surface area contributed by atoms with E-state index in [-0.39, 0.29) is 17.2 Å². The zero-order chi connectivity index (χ0) is 13.1. The minimum absolute atomic E-state index is 0.0296. The molecule has 0 aliphatic rings. The van der Waals surface area contributed by atoms with E-state index in [2.05, 4.69) is 9.97 Å². The molecule has 2 rings (SSSR count). The van der Waals surface area contributed by atoms with E-state index in [0.717, 1.165) is 12.1 Å². The quantitative estimate of drug-likeness (QED) is 0.902. The van der Waals surface area contributed by atoms with Crippen LogP contribution in [0.25, 0.3) is 0 Å². The summed E-state index contributed by atoms with van der Waals surface area (Å²) in [6, 6.07) is 4.75. The van der Waals surface area contributed by atoms with E-state index in [1.807, 2.05) is 0 Å². The van der Waals surface area contributed by atoms with Gasteiger partial charge in [0, 0.05) is 12.3 Å². The molecule has 1 aromatic carbocycles. The minimum atomic E-state index is -1.27. The van der Waals surface area contributed by atoms with Gasteiger partial charge in [0.15, 0.2) is 0 Å². The molecular formula is C12H9FN2O3. The molecule has 2 aromatic rings. The van der Waals surface area contributed by atoms with E-state index in [9.17, 15) is 9.18 Å². The summed E-state index contributed by atoms with van der Waals surface area (Å²) in [5.74, 6) is -1.18. The summed E-state index contributed by atoms with van der Waals surface area (Å²) in [5, 5.41) is 8.94. The van der Waals surface area contributed by atoms with Gasteiger partial charge in [0.1, 0.15) is 23.0 Å². The Bertz CT molecular complexity index is 602. The van der Waals surface area contributed by atoms with Crippen LogP contribution in [0.3, 0.4) is 0 Å². The second-order valence-electron chi connectivity index (χ2n) is 3.49. The fourth-order valence-corrected chi connectivity index (χ4v) is 1.36. The van der Waals surface area contributed by atoms with Gasteiger partial charge in [-0.2, -0.15) is 4.98 Å². The molecule has 18 heavy (non-hydrogen) atoms. The number of carboxylic acid groups (broad SMARTS) is 1. The molecule has 1 heterocycles. The van der Waals surface area contributed by atoms with E-state index in [1.54, 1.807) is 6.92 Å². The summed E-state index contributed by atoms with van der Waals surface area (Å²) in [5.41, 5.74) is -0.258. The number of aromatic nitrogens is 2. The lowest BCUT2D eigenvalue weighted by atomic mass is 10.2. The topological polar surface area (TPSA) is 72.3 Å². The highest BCUT2D eigenvalue weighted by molar-refractivity contribution is 5.90. The molecule has 0 saturated carbocycles. The minimum Gasteiger partial charge on any atom is -0.478 e. The van der Waals surface area contributed by atoms with Crippen molar-refractivity contribution < 1.29 is 19.0 Å². The first-order chi connectivity index (χ1) is 8.56. The van der Waals surface area contributed by atoms with Crippen LogP contribution in [0.2, 0.25) is 0 Å². The van der Waals surface area contributed by atoms with Crippen molar-refractivity contribution in [1.82, 2.24) is 9.97 Å². The fraction of sp³-hybridized carbons (Fsp3) is 0.0833. The standard InChI is InChI=1S/C12H9FN2O3/c1-7-14-5-4-11(15-7)18-10-3-2-8(13)6-9(10)12(16)17/h2-6H,1H3,(H,16,17). The van der Waals surface area contributed by atoms with Gasteiger partial charge in [0.05, 0.1) is 0 Å². The van der Waals surface area contributed by atoms with Gasteiger partial charge in [-0.05, 0) is 25.1 Å². The van der Waals surface area contributed by atoms with Crippen molar-refractivity contribution in [2.75, 3.05) is 0 Å². The van der Waals surface area contributed by atoms with Crippen LogP contribution in [0.5, 0.6) is 11.6 Å². The smallest absolute Gasteiger partial charge is 0.339 e. The first-order valence-corrected chi connectivity index (χ1v) is 5.06. The molecular weight excluding hydrogens is 239 g/mol. The number of carboxylic acids is 1. The monoisotopic (exact) mass is 248 g/mol. The van der Waals surface area contributed by atoms with Crippen molar-refractivity contribution in [2.24, 2.45) is 0 Å². The van der Waals surface area contributed by atoms with Crippen LogP contribution in [0.15, 0.2) is 30.5 Å². The molecule has 0 unspecified atom stereocenters. The third-order valence-electron chi connectivity index (χ3n) is 2.14. The Balaban J connectivity index is 2.37. The molecule has 0 spiro atoms. The maximum absolute atomic E-state index is 13.0. The predicted molar refractivity (Wildman–Crippen MR) is 60.2 cm³/mol. The van der Waals surface area contributed by atoms with Gasteiger partial charge in [-0.3, -0.25) is 0 Å². The fourth-order valence-electron chi connectivity index (χ4n) is 1.36. The van der Waals surface area contributed by atoms with Gasteiger partial charge in [0.25, 0.3) is 0 Å². The largest absolute Gasteiger partial charge is 0.478 e. The highest BCUT2D eigenvalue weighted by atomic mass is 19.1. The Morgan fingerprint density at radius 2 is 2.17 bits per heavy atom. The van der Waals surface area contributed by atoms with Crippen LogP contribution in [-0.4, -0.2) is 21.0 Å². The van der Waals surface area contributed by atoms with Gasteiger partial charge in [-0.15, -0.1) is 0 Å². The first kappa shape index (κ1) is 12.0. The number of halogens is 1.